The first-order valence-electron chi connectivity index (χ1n) is 6.38. The molecule has 4 N–H and O–H groups in total. The minimum absolute atomic E-state index is 0.0907. The lowest BCUT2D eigenvalue weighted by atomic mass is 10.1. The van der Waals surface area contributed by atoms with E-state index in [1.54, 1.807) is 22.7 Å². The van der Waals surface area contributed by atoms with Gasteiger partial charge >= 0.3 is 5.97 Å². The largest absolute Gasteiger partial charge is 0.476 e. The molecule has 1 saturated heterocycles. The second kappa shape index (κ2) is 4.55. The van der Waals surface area contributed by atoms with Gasteiger partial charge in [-0.05, 0) is 31.5 Å². The van der Waals surface area contributed by atoms with Crippen LogP contribution < -0.4 is 11.1 Å². The topological polar surface area (TPSA) is 92.7 Å². The SMILES string of the molecule is Nc1ccc2c(C(=O)O)nc(CC3CCCN3)n2c1. The van der Waals surface area contributed by atoms with Gasteiger partial charge in [0.1, 0.15) is 5.82 Å². The van der Waals surface area contributed by atoms with Crippen molar-refractivity contribution in [2.24, 2.45) is 0 Å². The fourth-order valence-corrected chi connectivity index (χ4v) is 2.62. The fraction of sp³-hybridized carbons (Fsp3) is 0.385. The molecule has 0 amide bonds. The molecule has 3 heterocycles. The van der Waals surface area contributed by atoms with Gasteiger partial charge < -0.3 is 20.6 Å². The Morgan fingerprint density at radius 3 is 3.11 bits per heavy atom. The molecule has 6 nitrogen and oxygen atoms in total. The number of carboxylic acid groups (broad SMARTS) is 1. The minimum atomic E-state index is -1.01. The summed E-state index contributed by atoms with van der Waals surface area (Å²) in [5, 5.41) is 12.6. The first kappa shape index (κ1) is 12.0. The van der Waals surface area contributed by atoms with E-state index in [4.69, 9.17) is 5.73 Å². The Balaban J connectivity index is 2.06. The van der Waals surface area contributed by atoms with Gasteiger partial charge in [-0.1, -0.05) is 0 Å². The van der Waals surface area contributed by atoms with E-state index in [0.29, 0.717) is 17.2 Å². The normalized spacial score (nSPS) is 19.1. The fourth-order valence-electron chi connectivity index (χ4n) is 2.62. The predicted octanol–water partition coefficient (Wildman–Crippen LogP) is 0.909. The number of nitrogens with zero attached hydrogens (tertiary/aromatic N) is 2. The summed E-state index contributed by atoms with van der Waals surface area (Å²) in [7, 11) is 0. The summed E-state index contributed by atoms with van der Waals surface area (Å²) in [6, 6.07) is 3.77. The summed E-state index contributed by atoms with van der Waals surface area (Å²) in [5.41, 5.74) is 7.06. The number of carbonyl (C=O) groups is 1. The van der Waals surface area contributed by atoms with E-state index >= 15 is 0 Å². The van der Waals surface area contributed by atoms with Gasteiger partial charge in [0.15, 0.2) is 5.69 Å². The quantitative estimate of drug-likeness (QED) is 0.762. The van der Waals surface area contributed by atoms with Gasteiger partial charge in [-0.2, -0.15) is 0 Å². The van der Waals surface area contributed by atoms with Crippen LogP contribution in [0.1, 0.15) is 29.2 Å². The summed E-state index contributed by atoms with van der Waals surface area (Å²) < 4.78 is 1.79. The molecule has 19 heavy (non-hydrogen) atoms. The molecule has 1 aliphatic rings. The van der Waals surface area contributed by atoms with E-state index in [9.17, 15) is 9.90 Å². The van der Waals surface area contributed by atoms with Gasteiger partial charge in [0.25, 0.3) is 0 Å². The lowest BCUT2D eigenvalue weighted by Gasteiger charge is -2.09. The molecule has 3 rings (SSSR count). The molecule has 6 heteroatoms. The molecule has 0 radical (unpaired) electrons. The number of fused-ring (bicyclic) bond motifs is 1. The van der Waals surface area contributed by atoms with Crippen molar-refractivity contribution in [2.75, 3.05) is 12.3 Å². The highest BCUT2D eigenvalue weighted by atomic mass is 16.4. The number of anilines is 1. The molecule has 0 saturated carbocycles. The number of aromatic nitrogens is 2. The smallest absolute Gasteiger partial charge is 0.356 e. The van der Waals surface area contributed by atoms with Crippen molar-refractivity contribution in [3.63, 3.8) is 0 Å². The van der Waals surface area contributed by atoms with Crippen LogP contribution in [-0.4, -0.2) is 33.0 Å². The number of hydrogen-bond acceptors (Lipinski definition) is 4. The summed E-state index contributed by atoms with van der Waals surface area (Å²) in [5.74, 6) is -0.257. The van der Waals surface area contributed by atoms with Crippen LogP contribution in [-0.2, 0) is 6.42 Å². The van der Waals surface area contributed by atoms with Crippen LogP contribution >= 0.6 is 0 Å². The van der Waals surface area contributed by atoms with Crippen LogP contribution in [0.5, 0.6) is 0 Å². The lowest BCUT2D eigenvalue weighted by Crippen LogP contribution is -2.24. The summed E-state index contributed by atoms with van der Waals surface area (Å²) in [6.45, 7) is 1.02. The molecule has 1 fully saturated rings. The van der Waals surface area contributed by atoms with Crippen LogP contribution in [0.15, 0.2) is 18.3 Å². The van der Waals surface area contributed by atoms with E-state index in [1.807, 2.05) is 0 Å². The molecule has 2 aromatic heterocycles. The van der Waals surface area contributed by atoms with Gasteiger partial charge in [0.2, 0.25) is 0 Å². The third kappa shape index (κ3) is 2.15. The first-order chi connectivity index (χ1) is 9.15. The number of rotatable bonds is 3. The Labute approximate surface area is 110 Å². The van der Waals surface area contributed by atoms with Crippen LogP contribution in [0.3, 0.4) is 0 Å². The molecule has 1 unspecified atom stereocenters. The number of nitrogens with one attached hydrogen (secondary N) is 1. The molecule has 2 aromatic rings. The summed E-state index contributed by atoms with van der Waals surface area (Å²) >= 11 is 0. The zero-order valence-electron chi connectivity index (χ0n) is 10.5. The molecular formula is C13H16N4O2. The zero-order chi connectivity index (χ0) is 13.4. The second-order valence-electron chi connectivity index (χ2n) is 4.90. The maximum atomic E-state index is 11.2. The number of aromatic carboxylic acids is 1. The molecule has 1 aliphatic heterocycles. The van der Waals surface area contributed by atoms with Crippen molar-refractivity contribution < 1.29 is 9.90 Å². The molecule has 0 spiro atoms. The Hall–Kier alpha value is -2.08. The number of nitrogens with two attached hydrogens (primary N) is 1. The summed E-state index contributed by atoms with van der Waals surface area (Å²) in [4.78, 5) is 15.5. The van der Waals surface area contributed by atoms with Crippen molar-refractivity contribution in [3.05, 3.63) is 29.8 Å². The highest BCUT2D eigenvalue weighted by Crippen LogP contribution is 2.19. The standard InChI is InChI=1S/C13H16N4O2/c14-8-3-4-10-12(13(18)19)16-11(17(10)7-8)6-9-2-1-5-15-9/h3-4,7,9,15H,1-2,5-6,14H2,(H,18,19). The second-order valence-corrected chi connectivity index (χ2v) is 4.90. The van der Waals surface area contributed by atoms with E-state index in [0.717, 1.165) is 31.6 Å². The highest BCUT2D eigenvalue weighted by Gasteiger charge is 2.21. The van der Waals surface area contributed by atoms with Gasteiger partial charge in [-0.25, -0.2) is 9.78 Å². The van der Waals surface area contributed by atoms with Crippen molar-refractivity contribution in [2.45, 2.75) is 25.3 Å². The van der Waals surface area contributed by atoms with E-state index in [-0.39, 0.29) is 5.69 Å². The molecule has 0 aliphatic carbocycles. The van der Waals surface area contributed by atoms with Crippen molar-refractivity contribution in [3.8, 4) is 0 Å². The average molecular weight is 260 g/mol. The van der Waals surface area contributed by atoms with Gasteiger partial charge in [0, 0.05) is 24.3 Å². The van der Waals surface area contributed by atoms with E-state index < -0.39 is 5.97 Å². The van der Waals surface area contributed by atoms with Gasteiger partial charge in [0.05, 0.1) is 5.52 Å². The number of nitrogen functional groups attached to an aromatic ring is 1. The number of hydrogen-bond donors (Lipinski definition) is 3. The first-order valence-corrected chi connectivity index (χ1v) is 6.38. The van der Waals surface area contributed by atoms with Crippen molar-refractivity contribution in [1.82, 2.24) is 14.7 Å². The third-order valence-corrected chi connectivity index (χ3v) is 3.53. The van der Waals surface area contributed by atoms with Gasteiger partial charge in [-0.3, -0.25) is 0 Å². The third-order valence-electron chi connectivity index (χ3n) is 3.53. The Morgan fingerprint density at radius 2 is 2.42 bits per heavy atom. The molecular weight excluding hydrogens is 244 g/mol. The molecule has 1 atom stereocenters. The molecule has 0 bridgehead atoms. The van der Waals surface area contributed by atoms with E-state index in [1.165, 1.54) is 0 Å². The van der Waals surface area contributed by atoms with Crippen molar-refractivity contribution in [1.29, 1.82) is 0 Å². The van der Waals surface area contributed by atoms with Crippen LogP contribution in [0.25, 0.3) is 5.52 Å². The van der Waals surface area contributed by atoms with Crippen LogP contribution in [0, 0.1) is 0 Å². The number of imidazole rings is 1. The Morgan fingerprint density at radius 1 is 1.58 bits per heavy atom. The van der Waals surface area contributed by atoms with Gasteiger partial charge in [-0.15, -0.1) is 0 Å². The minimum Gasteiger partial charge on any atom is -0.476 e. The predicted molar refractivity (Wildman–Crippen MR) is 71.3 cm³/mol. The molecule has 100 valence electrons. The molecule has 0 aromatic carbocycles. The Kier molecular flexibility index (Phi) is 2.87. The maximum Gasteiger partial charge on any atom is 0.356 e. The summed E-state index contributed by atoms with van der Waals surface area (Å²) in [6.07, 6.45) is 4.71. The zero-order valence-corrected chi connectivity index (χ0v) is 10.5. The average Bonchev–Trinajstić information content (AvgIpc) is 2.98. The monoisotopic (exact) mass is 260 g/mol. The highest BCUT2D eigenvalue weighted by molar-refractivity contribution is 5.93. The van der Waals surface area contributed by atoms with Crippen molar-refractivity contribution >= 4 is 17.2 Å². The number of pyridine rings is 1. The lowest BCUT2D eigenvalue weighted by molar-refractivity contribution is 0.0693. The Bertz CT molecular complexity index is 629. The number of carboxylic acids is 1. The van der Waals surface area contributed by atoms with Crippen LogP contribution in [0.2, 0.25) is 0 Å². The maximum absolute atomic E-state index is 11.2. The van der Waals surface area contributed by atoms with Crippen LogP contribution in [0.4, 0.5) is 5.69 Å². The van der Waals surface area contributed by atoms with E-state index in [2.05, 4.69) is 10.3 Å².